The van der Waals surface area contributed by atoms with Gasteiger partial charge in [-0.05, 0) is 99.3 Å². The summed E-state index contributed by atoms with van der Waals surface area (Å²) in [7, 11) is 0. The van der Waals surface area contributed by atoms with Crippen LogP contribution in [0.5, 0.6) is 0 Å². The Labute approximate surface area is 286 Å². The molecular formula is C47H43N. The highest BCUT2D eigenvalue weighted by Crippen LogP contribution is 2.44. The summed E-state index contributed by atoms with van der Waals surface area (Å²) in [5.74, 6) is 0.317. The molecule has 0 fully saturated rings. The molecule has 6 aromatic carbocycles. The number of fused-ring (bicyclic) bond motifs is 2. The second kappa shape index (κ2) is 14.5. The van der Waals surface area contributed by atoms with Gasteiger partial charge in [0.15, 0.2) is 0 Å². The summed E-state index contributed by atoms with van der Waals surface area (Å²) in [5, 5.41) is 4.96. The third kappa shape index (κ3) is 6.92. The summed E-state index contributed by atoms with van der Waals surface area (Å²) in [6, 6.07) is 47.6. The molecule has 0 aliphatic carbocycles. The summed E-state index contributed by atoms with van der Waals surface area (Å²) in [6.07, 6.45) is 6.53. The Kier molecular flexibility index (Phi) is 9.78. The lowest BCUT2D eigenvalue weighted by Crippen LogP contribution is -1.99. The molecule has 6 aromatic rings. The fourth-order valence-corrected chi connectivity index (χ4v) is 6.47. The summed E-state index contributed by atoms with van der Waals surface area (Å²) < 4.78 is 0. The second-order valence-electron chi connectivity index (χ2n) is 12.9. The summed E-state index contributed by atoms with van der Waals surface area (Å²) in [5.41, 5.74) is 12.3. The summed E-state index contributed by atoms with van der Waals surface area (Å²) in [6.45, 7) is 15.3. The lowest BCUT2D eigenvalue weighted by Gasteiger charge is -2.18. The Morgan fingerprint density at radius 3 is 1.58 bits per heavy atom. The average molecular weight is 622 g/mol. The van der Waals surface area contributed by atoms with Crippen molar-refractivity contribution >= 4 is 33.0 Å². The van der Waals surface area contributed by atoms with Crippen molar-refractivity contribution in [3.8, 4) is 22.3 Å². The van der Waals surface area contributed by atoms with E-state index in [0.29, 0.717) is 5.92 Å². The van der Waals surface area contributed by atoms with Crippen LogP contribution < -0.4 is 0 Å². The van der Waals surface area contributed by atoms with Crippen molar-refractivity contribution in [3.63, 3.8) is 0 Å². The molecule has 48 heavy (non-hydrogen) atoms. The van der Waals surface area contributed by atoms with Gasteiger partial charge in [0, 0.05) is 11.3 Å². The normalized spacial score (nSPS) is 12.5. The van der Waals surface area contributed by atoms with Gasteiger partial charge in [0.2, 0.25) is 0 Å². The first-order valence-electron chi connectivity index (χ1n) is 16.8. The number of nitrogens with zero attached hydrogens (tertiary/aromatic N) is 1. The van der Waals surface area contributed by atoms with Crippen molar-refractivity contribution in [2.45, 2.75) is 34.6 Å². The standard InChI is InChI=1S/C47H43N/c1-32(2)28-29-40(33(3)4)34(5)30-45(48-35(6)36-18-9-7-10-19-36)38-22-17-23-39(31-38)47-43-26-15-13-24-41(43)46(37-20-11-8-12-21-37)42-25-14-16-27-44(42)47/h7-31,33H,5H2,1-4,6H3/b40-29+,45-30-,48-35?. The zero-order valence-electron chi connectivity index (χ0n) is 28.7. The molecule has 1 heteroatoms. The van der Waals surface area contributed by atoms with Gasteiger partial charge < -0.3 is 0 Å². The van der Waals surface area contributed by atoms with E-state index in [1.807, 2.05) is 6.07 Å². The number of hydrogen-bond acceptors (Lipinski definition) is 1. The zero-order valence-corrected chi connectivity index (χ0v) is 28.7. The van der Waals surface area contributed by atoms with Gasteiger partial charge in [-0.3, -0.25) is 4.99 Å². The van der Waals surface area contributed by atoms with E-state index in [1.54, 1.807) is 0 Å². The van der Waals surface area contributed by atoms with Crippen molar-refractivity contribution in [1.82, 2.24) is 0 Å². The fraction of sp³-hybridized carbons (Fsp3) is 0.128. The minimum absolute atomic E-state index is 0.317. The van der Waals surface area contributed by atoms with Crippen LogP contribution in [0.25, 0.3) is 49.5 Å². The minimum Gasteiger partial charge on any atom is -0.252 e. The number of rotatable bonds is 9. The lowest BCUT2D eigenvalue weighted by atomic mass is 9.85. The van der Waals surface area contributed by atoms with E-state index in [-0.39, 0.29) is 0 Å². The molecule has 0 N–H and O–H groups in total. The van der Waals surface area contributed by atoms with E-state index < -0.39 is 0 Å². The molecule has 6 rings (SSSR count). The predicted molar refractivity (Wildman–Crippen MR) is 210 cm³/mol. The Hall–Kier alpha value is -5.53. The van der Waals surface area contributed by atoms with E-state index in [1.165, 1.54) is 49.4 Å². The first-order valence-corrected chi connectivity index (χ1v) is 16.8. The highest BCUT2D eigenvalue weighted by molar-refractivity contribution is 6.21. The Bertz CT molecular complexity index is 2160. The Morgan fingerprint density at radius 2 is 1.04 bits per heavy atom. The quantitative estimate of drug-likeness (QED) is 0.0865. The largest absolute Gasteiger partial charge is 0.252 e. The molecule has 0 bridgehead atoms. The third-order valence-electron chi connectivity index (χ3n) is 8.82. The summed E-state index contributed by atoms with van der Waals surface area (Å²) >= 11 is 0. The zero-order chi connectivity index (χ0) is 33.6. The van der Waals surface area contributed by atoms with Gasteiger partial charge in [-0.1, -0.05) is 166 Å². The van der Waals surface area contributed by atoms with Gasteiger partial charge >= 0.3 is 0 Å². The van der Waals surface area contributed by atoms with E-state index >= 15 is 0 Å². The molecule has 0 spiro atoms. The smallest absolute Gasteiger partial charge is 0.0711 e. The molecule has 0 radical (unpaired) electrons. The number of hydrogen-bond donors (Lipinski definition) is 0. The van der Waals surface area contributed by atoms with Gasteiger partial charge in [0.05, 0.1) is 5.70 Å². The van der Waals surface area contributed by atoms with E-state index in [4.69, 9.17) is 4.99 Å². The van der Waals surface area contributed by atoms with Gasteiger partial charge in [-0.2, -0.15) is 0 Å². The van der Waals surface area contributed by atoms with Crippen LogP contribution in [0.2, 0.25) is 0 Å². The van der Waals surface area contributed by atoms with Crippen LogP contribution in [0.4, 0.5) is 0 Å². The predicted octanol–water partition coefficient (Wildman–Crippen LogP) is 13.3. The maximum atomic E-state index is 5.28. The van der Waals surface area contributed by atoms with E-state index in [9.17, 15) is 0 Å². The van der Waals surface area contributed by atoms with Crippen molar-refractivity contribution in [2.75, 3.05) is 0 Å². The summed E-state index contributed by atoms with van der Waals surface area (Å²) in [4.78, 5) is 5.28. The topological polar surface area (TPSA) is 12.4 Å². The van der Waals surface area contributed by atoms with Gasteiger partial charge in [-0.15, -0.1) is 0 Å². The van der Waals surface area contributed by atoms with Crippen LogP contribution in [-0.2, 0) is 0 Å². The minimum atomic E-state index is 0.317. The molecule has 1 nitrogen and oxygen atoms in total. The van der Waals surface area contributed by atoms with Gasteiger partial charge in [0.1, 0.15) is 0 Å². The highest BCUT2D eigenvalue weighted by Gasteiger charge is 2.17. The Balaban J connectivity index is 1.58. The van der Waals surface area contributed by atoms with Gasteiger partial charge in [0.25, 0.3) is 0 Å². The monoisotopic (exact) mass is 621 g/mol. The van der Waals surface area contributed by atoms with Gasteiger partial charge in [-0.25, -0.2) is 0 Å². The maximum Gasteiger partial charge on any atom is 0.0711 e. The van der Waals surface area contributed by atoms with Crippen LogP contribution in [-0.4, -0.2) is 5.71 Å². The van der Waals surface area contributed by atoms with Crippen molar-refractivity contribution < 1.29 is 0 Å². The molecule has 0 aliphatic rings. The number of allylic oxidation sites excluding steroid dienone is 6. The number of benzene rings is 6. The SMILES string of the molecule is C=C(/C=C(\N=C(C)c1ccccc1)c1cccc(-c2c3ccccc3c(-c3ccccc3)c3ccccc23)c1)/C(=C/C=C(C)C)C(C)C. The second-order valence-corrected chi connectivity index (χ2v) is 12.9. The van der Waals surface area contributed by atoms with Crippen LogP contribution in [0.15, 0.2) is 180 Å². The lowest BCUT2D eigenvalue weighted by molar-refractivity contribution is 0.784. The molecule has 0 saturated heterocycles. The molecule has 0 saturated carbocycles. The molecule has 0 heterocycles. The van der Waals surface area contributed by atoms with Crippen LogP contribution in [0, 0.1) is 5.92 Å². The molecule has 0 atom stereocenters. The van der Waals surface area contributed by atoms with E-state index in [0.717, 1.165) is 33.7 Å². The molecular weight excluding hydrogens is 579 g/mol. The van der Waals surface area contributed by atoms with Crippen molar-refractivity contribution in [3.05, 3.63) is 186 Å². The molecule has 0 amide bonds. The first-order chi connectivity index (χ1) is 23.3. The number of aliphatic imine (C=N–C) groups is 1. The fourth-order valence-electron chi connectivity index (χ4n) is 6.47. The third-order valence-corrected chi connectivity index (χ3v) is 8.82. The maximum absolute atomic E-state index is 5.28. The van der Waals surface area contributed by atoms with Crippen molar-refractivity contribution in [1.29, 1.82) is 0 Å². The van der Waals surface area contributed by atoms with Crippen LogP contribution in [0.3, 0.4) is 0 Å². The molecule has 0 unspecified atom stereocenters. The Morgan fingerprint density at radius 1 is 0.562 bits per heavy atom. The first kappa shape index (κ1) is 32.4. The molecule has 0 aromatic heterocycles. The molecule has 0 aliphatic heterocycles. The van der Waals surface area contributed by atoms with Crippen LogP contribution >= 0.6 is 0 Å². The highest BCUT2D eigenvalue weighted by atomic mass is 14.8. The van der Waals surface area contributed by atoms with Crippen molar-refractivity contribution in [2.24, 2.45) is 10.9 Å². The van der Waals surface area contributed by atoms with Crippen LogP contribution in [0.1, 0.15) is 45.7 Å². The average Bonchev–Trinajstić information content (AvgIpc) is 3.10. The van der Waals surface area contributed by atoms with E-state index in [2.05, 4.69) is 187 Å². The molecule has 236 valence electrons.